The van der Waals surface area contributed by atoms with Crippen molar-refractivity contribution in [3.05, 3.63) is 205 Å². The van der Waals surface area contributed by atoms with Crippen LogP contribution in [0, 0.1) is 0 Å². The average Bonchev–Trinajstić information content (AvgIpc) is 4.00. The molecule has 11 heteroatoms. The molecule has 0 aliphatic heterocycles. The van der Waals surface area contributed by atoms with Gasteiger partial charge < -0.3 is 23.5 Å². The molecule has 0 radical (unpaired) electrons. The van der Waals surface area contributed by atoms with Crippen molar-refractivity contribution in [1.29, 1.82) is 0 Å². The summed E-state index contributed by atoms with van der Waals surface area (Å²) in [5.74, 6) is -1.31. The van der Waals surface area contributed by atoms with Gasteiger partial charge in [-0.25, -0.2) is 0 Å². The first-order valence-corrected chi connectivity index (χ1v) is 22.0. The zero-order valence-electron chi connectivity index (χ0n) is 37.1. The van der Waals surface area contributed by atoms with Gasteiger partial charge in [0.1, 0.15) is 22.3 Å². The fourth-order valence-corrected chi connectivity index (χ4v) is 8.93. The predicted molar refractivity (Wildman–Crippen MR) is 268 cm³/mol. The molecule has 0 saturated heterocycles. The van der Waals surface area contributed by atoms with E-state index in [0.717, 1.165) is 55.3 Å². The summed E-state index contributed by atoms with van der Waals surface area (Å²) in [7, 11) is 5.03. The number of aromatic nitrogens is 3. The fourth-order valence-electron chi connectivity index (χ4n) is 8.93. The van der Waals surface area contributed by atoms with E-state index < -0.39 is 17.7 Å². The third-order valence-electron chi connectivity index (χ3n) is 12.4. The van der Waals surface area contributed by atoms with Crippen molar-refractivity contribution < 1.29 is 23.2 Å². The Hall–Kier alpha value is -9.22. The van der Waals surface area contributed by atoms with Gasteiger partial charge in [-0.1, -0.05) is 66.7 Å². The molecular formula is C57H40N6O5. The van der Waals surface area contributed by atoms with Crippen LogP contribution in [0.5, 0.6) is 0 Å². The summed E-state index contributed by atoms with van der Waals surface area (Å²) >= 11 is 0. The zero-order chi connectivity index (χ0) is 46.5. The summed E-state index contributed by atoms with van der Waals surface area (Å²) in [5, 5.41) is 3.09. The van der Waals surface area contributed by atoms with Crippen LogP contribution >= 0.6 is 0 Å². The predicted octanol–water partition coefficient (Wildman–Crippen LogP) is 12.5. The van der Waals surface area contributed by atoms with Crippen LogP contribution in [-0.4, -0.2) is 53.8 Å². The summed E-state index contributed by atoms with van der Waals surface area (Å²) in [4.78, 5) is 63.0. The van der Waals surface area contributed by atoms with Gasteiger partial charge in [0.25, 0.3) is 17.7 Å². The monoisotopic (exact) mass is 888 g/mol. The summed E-state index contributed by atoms with van der Waals surface area (Å²) in [5.41, 5.74) is 9.30. The van der Waals surface area contributed by atoms with E-state index in [0.29, 0.717) is 39.4 Å². The number of hydrogen-bond donors (Lipinski definition) is 0. The van der Waals surface area contributed by atoms with Gasteiger partial charge in [0, 0.05) is 89.6 Å². The van der Waals surface area contributed by atoms with E-state index in [9.17, 15) is 4.79 Å². The van der Waals surface area contributed by atoms with Crippen LogP contribution < -0.4 is 14.7 Å². The van der Waals surface area contributed by atoms with Crippen LogP contribution in [0.15, 0.2) is 197 Å². The minimum Gasteiger partial charge on any atom is -0.455 e. The van der Waals surface area contributed by atoms with Crippen LogP contribution in [0.1, 0.15) is 31.1 Å². The smallest absolute Gasteiger partial charge is 0.258 e. The van der Waals surface area contributed by atoms with Crippen molar-refractivity contribution in [3.63, 3.8) is 0 Å². The first-order valence-electron chi connectivity index (χ1n) is 22.0. The lowest BCUT2D eigenvalue weighted by Gasteiger charge is -2.23. The Morgan fingerprint density at radius 2 is 0.809 bits per heavy atom. The summed E-state index contributed by atoms with van der Waals surface area (Å²) < 4.78 is 13.0. The van der Waals surface area contributed by atoms with Gasteiger partial charge in [-0.2, -0.15) is 0 Å². The second-order valence-electron chi connectivity index (χ2n) is 16.5. The standard InChI is InChI=1S/C57H40N6O5/c1-61(39-23-21-35(22-24-39)44-16-8-11-29-58-44)55(64)36-32-37(56(65)62(2)47-27-25-40(45-17-9-12-30-59-45)53-51(47)42-14-4-6-19-49(42)67-53)34-38(33-36)57(66)63(3)48-28-26-41(46-18-10-13-31-60-46)54-52(48)43-15-5-7-20-50(43)68-54/h4-34H,1-3H3. The largest absolute Gasteiger partial charge is 0.455 e. The third-order valence-corrected chi connectivity index (χ3v) is 12.4. The van der Waals surface area contributed by atoms with Crippen molar-refractivity contribution in [2.45, 2.75) is 0 Å². The molecule has 0 aliphatic rings. The van der Waals surface area contributed by atoms with Crippen molar-refractivity contribution in [2.75, 3.05) is 35.8 Å². The Morgan fingerprint density at radius 3 is 1.24 bits per heavy atom. The van der Waals surface area contributed by atoms with Gasteiger partial charge in [0.2, 0.25) is 0 Å². The zero-order valence-corrected chi connectivity index (χ0v) is 37.1. The van der Waals surface area contributed by atoms with E-state index in [4.69, 9.17) is 8.83 Å². The number of carbonyl (C=O) groups excluding carboxylic acids is 3. The van der Waals surface area contributed by atoms with Crippen LogP contribution in [0.3, 0.4) is 0 Å². The van der Waals surface area contributed by atoms with Crippen LogP contribution in [-0.2, 0) is 0 Å². The molecule has 0 aliphatic carbocycles. The molecular weight excluding hydrogens is 849 g/mol. The summed E-state index contributed by atoms with van der Waals surface area (Å²) in [6, 6.07) is 52.1. The van der Waals surface area contributed by atoms with Crippen LogP contribution in [0.4, 0.5) is 17.1 Å². The second-order valence-corrected chi connectivity index (χ2v) is 16.5. The van der Waals surface area contributed by atoms with Crippen LogP contribution in [0.25, 0.3) is 77.6 Å². The fraction of sp³-hybridized carbons (Fsp3) is 0.0526. The molecule has 0 N–H and O–H groups in total. The van der Waals surface area contributed by atoms with E-state index >= 15 is 9.59 Å². The summed E-state index contributed by atoms with van der Waals surface area (Å²) in [6.45, 7) is 0. The lowest BCUT2D eigenvalue weighted by atomic mass is 10.00. The molecule has 0 spiro atoms. The maximum Gasteiger partial charge on any atom is 0.258 e. The average molecular weight is 889 g/mol. The number of furan rings is 2. The van der Waals surface area contributed by atoms with Gasteiger partial charge in [0.15, 0.2) is 0 Å². The number of fused-ring (bicyclic) bond motifs is 6. The number of carbonyl (C=O) groups is 3. The van der Waals surface area contributed by atoms with E-state index in [1.807, 2.05) is 152 Å². The molecule has 3 amide bonds. The van der Waals surface area contributed by atoms with Crippen molar-refractivity contribution in [3.8, 4) is 33.8 Å². The van der Waals surface area contributed by atoms with E-state index in [1.54, 1.807) is 57.9 Å². The number of anilines is 3. The molecule has 0 saturated carbocycles. The molecule has 0 atom stereocenters. The summed E-state index contributed by atoms with van der Waals surface area (Å²) in [6.07, 6.45) is 5.18. The number of hydrogen-bond acceptors (Lipinski definition) is 8. The molecule has 11 nitrogen and oxygen atoms in total. The first kappa shape index (κ1) is 41.5. The molecule has 5 aromatic heterocycles. The lowest BCUT2D eigenvalue weighted by molar-refractivity contribution is 0.0992. The molecule has 68 heavy (non-hydrogen) atoms. The molecule has 6 aromatic carbocycles. The van der Waals surface area contributed by atoms with Gasteiger partial charge in [-0.3, -0.25) is 29.3 Å². The maximum absolute atomic E-state index is 15.1. The van der Waals surface area contributed by atoms with Gasteiger partial charge in [-0.15, -0.1) is 0 Å². The van der Waals surface area contributed by atoms with Crippen molar-refractivity contribution >= 4 is 78.7 Å². The Labute approximate surface area is 390 Å². The molecule has 11 rings (SSSR count). The molecule has 0 unspecified atom stereocenters. The number of rotatable bonds is 9. The van der Waals surface area contributed by atoms with Gasteiger partial charge in [0.05, 0.1) is 39.2 Å². The molecule has 0 bridgehead atoms. The van der Waals surface area contributed by atoms with Crippen molar-refractivity contribution in [2.24, 2.45) is 0 Å². The topological polar surface area (TPSA) is 126 Å². The highest BCUT2D eigenvalue weighted by atomic mass is 16.3. The third kappa shape index (κ3) is 7.19. The van der Waals surface area contributed by atoms with E-state index in [-0.39, 0.29) is 16.7 Å². The number of pyridine rings is 3. The second kappa shape index (κ2) is 17.0. The SMILES string of the molecule is CN(C(=O)c1cc(C(=O)N(C)c2ccc(-c3ccccn3)c3oc4ccccc4c23)cc(C(=O)N(C)c2ccc(-c3ccccn3)c3oc4ccccc4c23)c1)c1ccc(-c2ccccn2)cc1. The van der Waals surface area contributed by atoms with Crippen LogP contribution in [0.2, 0.25) is 0 Å². The van der Waals surface area contributed by atoms with E-state index in [1.165, 1.54) is 14.7 Å². The maximum atomic E-state index is 15.1. The molecule has 5 heterocycles. The highest BCUT2D eigenvalue weighted by molar-refractivity contribution is 6.22. The molecule has 11 aromatic rings. The minimum absolute atomic E-state index is 0.133. The van der Waals surface area contributed by atoms with Gasteiger partial charge >= 0.3 is 0 Å². The number of nitrogens with zero attached hydrogens (tertiary/aromatic N) is 6. The number of para-hydroxylation sites is 2. The number of amides is 3. The lowest BCUT2D eigenvalue weighted by Crippen LogP contribution is -2.31. The van der Waals surface area contributed by atoms with Gasteiger partial charge in [-0.05, 0) is 103 Å². The minimum atomic E-state index is -0.446. The molecule has 0 fully saturated rings. The Bertz CT molecular complexity index is 3550. The van der Waals surface area contributed by atoms with E-state index in [2.05, 4.69) is 15.0 Å². The Kier molecular flexibility index (Phi) is 10.4. The number of benzene rings is 6. The Balaban J connectivity index is 1.02. The molecule has 328 valence electrons. The first-order chi connectivity index (χ1) is 33.2. The highest BCUT2D eigenvalue weighted by Gasteiger charge is 2.28. The Morgan fingerprint density at radius 1 is 0.412 bits per heavy atom. The normalized spacial score (nSPS) is 11.3. The highest BCUT2D eigenvalue weighted by Crippen LogP contribution is 2.43. The quantitative estimate of drug-likeness (QED) is 0.140. The van der Waals surface area contributed by atoms with Crippen molar-refractivity contribution in [1.82, 2.24) is 15.0 Å².